The van der Waals surface area contributed by atoms with Crippen LogP contribution in [0.5, 0.6) is 0 Å². The lowest BCUT2D eigenvalue weighted by atomic mass is 10.1. The number of halogens is 1. The van der Waals surface area contributed by atoms with Crippen LogP contribution < -0.4 is 4.90 Å². The second-order valence-corrected chi connectivity index (χ2v) is 5.41. The van der Waals surface area contributed by atoms with Crippen molar-refractivity contribution in [1.29, 1.82) is 0 Å². The molecule has 0 aliphatic rings. The molecule has 19 heavy (non-hydrogen) atoms. The average Bonchev–Trinajstić information content (AvgIpc) is 2.39. The van der Waals surface area contributed by atoms with Crippen LogP contribution in [0.15, 0.2) is 47.1 Å². The summed E-state index contributed by atoms with van der Waals surface area (Å²) >= 11 is 3.50. The summed E-state index contributed by atoms with van der Waals surface area (Å²) in [6, 6.07) is 11.9. The zero-order chi connectivity index (χ0) is 13.8. The van der Waals surface area contributed by atoms with E-state index in [1.165, 1.54) is 0 Å². The van der Waals surface area contributed by atoms with Crippen LogP contribution in [0, 0.1) is 0 Å². The highest BCUT2D eigenvalue weighted by molar-refractivity contribution is 9.10. The molecule has 1 aromatic carbocycles. The predicted octanol–water partition coefficient (Wildman–Crippen LogP) is 3.53. The maximum atomic E-state index is 9.62. The fourth-order valence-corrected chi connectivity index (χ4v) is 2.62. The minimum absolute atomic E-state index is 0.468. The molecule has 1 N–H and O–H groups in total. The van der Waals surface area contributed by atoms with E-state index in [0.29, 0.717) is 0 Å². The average molecular weight is 321 g/mol. The third kappa shape index (κ3) is 3.55. The predicted molar refractivity (Wildman–Crippen MR) is 81.1 cm³/mol. The van der Waals surface area contributed by atoms with Crippen molar-refractivity contribution in [3.63, 3.8) is 0 Å². The van der Waals surface area contributed by atoms with Crippen molar-refractivity contribution in [3.05, 3.63) is 58.3 Å². The minimum atomic E-state index is -0.468. The molecule has 0 saturated heterocycles. The highest BCUT2D eigenvalue weighted by Crippen LogP contribution is 2.28. The van der Waals surface area contributed by atoms with E-state index in [-0.39, 0.29) is 0 Å². The Hall–Kier alpha value is -1.39. The van der Waals surface area contributed by atoms with Gasteiger partial charge in [0.05, 0.1) is 18.3 Å². The topological polar surface area (TPSA) is 36.4 Å². The molecule has 0 aliphatic carbocycles. The van der Waals surface area contributed by atoms with Crippen LogP contribution in [-0.2, 0) is 6.54 Å². The van der Waals surface area contributed by atoms with E-state index in [0.717, 1.165) is 28.0 Å². The molecule has 0 fully saturated rings. The van der Waals surface area contributed by atoms with Gasteiger partial charge >= 0.3 is 0 Å². The Bertz CT molecular complexity index is 543. The SMILES string of the molecule is C[C@H](O)c1ccc(N(C)Cc2ccccn2)cc1Br. The van der Waals surface area contributed by atoms with Crippen molar-refractivity contribution in [2.45, 2.75) is 19.6 Å². The van der Waals surface area contributed by atoms with Gasteiger partial charge in [0.1, 0.15) is 0 Å². The Morgan fingerprint density at radius 2 is 2.11 bits per heavy atom. The molecular formula is C15H17BrN2O. The zero-order valence-corrected chi connectivity index (χ0v) is 12.6. The number of benzene rings is 1. The van der Waals surface area contributed by atoms with Crippen molar-refractivity contribution in [3.8, 4) is 0 Å². The first-order chi connectivity index (χ1) is 9.08. The summed E-state index contributed by atoms with van der Waals surface area (Å²) in [6.45, 7) is 2.51. The van der Waals surface area contributed by atoms with Crippen LogP contribution >= 0.6 is 15.9 Å². The van der Waals surface area contributed by atoms with E-state index in [1.54, 1.807) is 13.1 Å². The highest BCUT2D eigenvalue weighted by atomic mass is 79.9. The van der Waals surface area contributed by atoms with Crippen molar-refractivity contribution in [2.75, 3.05) is 11.9 Å². The lowest BCUT2D eigenvalue weighted by Gasteiger charge is -2.20. The number of aromatic nitrogens is 1. The smallest absolute Gasteiger partial charge is 0.0772 e. The number of rotatable bonds is 4. The summed E-state index contributed by atoms with van der Waals surface area (Å²) in [5, 5.41) is 9.62. The fourth-order valence-electron chi connectivity index (χ4n) is 1.92. The van der Waals surface area contributed by atoms with Crippen molar-refractivity contribution >= 4 is 21.6 Å². The van der Waals surface area contributed by atoms with Crippen LogP contribution in [0.25, 0.3) is 0 Å². The summed E-state index contributed by atoms with van der Waals surface area (Å²) in [6.07, 6.45) is 1.33. The lowest BCUT2D eigenvalue weighted by molar-refractivity contribution is 0.198. The van der Waals surface area contributed by atoms with Crippen LogP contribution in [0.2, 0.25) is 0 Å². The van der Waals surface area contributed by atoms with Gasteiger partial charge in [-0.3, -0.25) is 4.98 Å². The fraction of sp³-hybridized carbons (Fsp3) is 0.267. The van der Waals surface area contributed by atoms with E-state index in [2.05, 4.69) is 25.8 Å². The molecule has 4 heteroatoms. The van der Waals surface area contributed by atoms with E-state index in [9.17, 15) is 5.11 Å². The summed E-state index contributed by atoms with van der Waals surface area (Å²) in [5.41, 5.74) is 3.01. The summed E-state index contributed by atoms with van der Waals surface area (Å²) in [7, 11) is 2.03. The molecule has 0 aliphatic heterocycles. The number of aliphatic hydroxyl groups is 1. The van der Waals surface area contributed by atoms with Gasteiger partial charge in [0.25, 0.3) is 0 Å². The Balaban J connectivity index is 2.16. The van der Waals surface area contributed by atoms with Crippen molar-refractivity contribution < 1.29 is 5.11 Å². The molecule has 1 heterocycles. The quantitative estimate of drug-likeness (QED) is 0.936. The normalized spacial score (nSPS) is 12.2. The van der Waals surface area contributed by atoms with Gasteiger partial charge in [-0.2, -0.15) is 0 Å². The number of pyridine rings is 1. The highest BCUT2D eigenvalue weighted by Gasteiger charge is 2.09. The molecule has 0 unspecified atom stereocenters. The van der Waals surface area contributed by atoms with Crippen molar-refractivity contribution in [1.82, 2.24) is 4.98 Å². The maximum absolute atomic E-state index is 9.62. The van der Waals surface area contributed by atoms with E-state index in [1.807, 2.05) is 43.4 Å². The van der Waals surface area contributed by atoms with Gasteiger partial charge in [-0.15, -0.1) is 0 Å². The molecule has 0 spiro atoms. The summed E-state index contributed by atoms with van der Waals surface area (Å²) in [5.74, 6) is 0. The number of hydrogen-bond donors (Lipinski definition) is 1. The summed E-state index contributed by atoms with van der Waals surface area (Å²) in [4.78, 5) is 6.44. The molecular weight excluding hydrogens is 304 g/mol. The molecule has 0 radical (unpaired) electrons. The van der Waals surface area contributed by atoms with E-state index >= 15 is 0 Å². The van der Waals surface area contributed by atoms with Gasteiger partial charge in [-0.05, 0) is 36.8 Å². The second kappa shape index (κ2) is 6.17. The molecule has 2 rings (SSSR count). The largest absolute Gasteiger partial charge is 0.389 e. The van der Waals surface area contributed by atoms with Gasteiger partial charge in [-0.25, -0.2) is 0 Å². The van der Waals surface area contributed by atoms with Crippen LogP contribution in [0.3, 0.4) is 0 Å². The lowest BCUT2D eigenvalue weighted by Crippen LogP contribution is -2.17. The Kier molecular flexibility index (Phi) is 4.56. The number of hydrogen-bond acceptors (Lipinski definition) is 3. The van der Waals surface area contributed by atoms with Crippen molar-refractivity contribution in [2.24, 2.45) is 0 Å². The number of nitrogens with zero attached hydrogens (tertiary/aromatic N) is 2. The Morgan fingerprint density at radius 1 is 1.32 bits per heavy atom. The number of aliphatic hydroxyl groups excluding tert-OH is 1. The van der Waals surface area contributed by atoms with Gasteiger partial charge in [0.15, 0.2) is 0 Å². The van der Waals surface area contributed by atoms with Gasteiger partial charge in [-0.1, -0.05) is 28.1 Å². The molecule has 0 bridgehead atoms. The van der Waals surface area contributed by atoms with Gasteiger partial charge < -0.3 is 10.0 Å². The second-order valence-electron chi connectivity index (χ2n) is 4.56. The summed E-state index contributed by atoms with van der Waals surface area (Å²) < 4.78 is 0.924. The number of anilines is 1. The van der Waals surface area contributed by atoms with Crippen LogP contribution in [0.4, 0.5) is 5.69 Å². The molecule has 100 valence electrons. The first-order valence-corrected chi connectivity index (χ1v) is 6.96. The third-order valence-electron chi connectivity index (χ3n) is 3.00. The standard InChI is InChI=1S/C15H17BrN2O/c1-11(19)14-7-6-13(9-15(14)16)18(2)10-12-5-3-4-8-17-12/h3-9,11,19H,10H2,1-2H3/t11-/m0/s1. The van der Waals surface area contributed by atoms with Crippen LogP contribution in [-0.4, -0.2) is 17.1 Å². The zero-order valence-electron chi connectivity index (χ0n) is 11.0. The monoisotopic (exact) mass is 320 g/mol. The maximum Gasteiger partial charge on any atom is 0.0772 e. The molecule has 0 amide bonds. The third-order valence-corrected chi connectivity index (χ3v) is 3.69. The van der Waals surface area contributed by atoms with Gasteiger partial charge in [0.2, 0.25) is 0 Å². The molecule has 2 aromatic rings. The molecule has 1 aromatic heterocycles. The minimum Gasteiger partial charge on any atom is -0.389 e. The molecule has 1 atom stereocenters. The Labute approximate surface area is 122 Å². The van der Waals surface area contributed by atoms with Crippen LogP contribution in [0.1, 0.15) is 24.3 Å². The van der Waals surface area contributed by atoms with E-state index < -0.39 is 6.10 Å². The first-order valence-electron chi connectivity index (χ1n) is 6.16. The molecule has 0 saturated carbocycles. The Morgan fingerprint density at radius 3 is 2.68 bits per heavy atom. The van der Waals surface area contributed by atoms with Gasteiger partial charge in [0, 0.05) is 23.4 Å². The first kappa shape index (κ1) is 14.0. The molecule has 3 nitrogen and oxygen atoms in total. The van der Waals surface area contributed by atoms with E-state index in [4.69, 9.17) is 0 Å².